The lowest BCUT2D eigenvalue weighted by Gasteiger charge is -2.28. The number of unbranched alkanes of at least 4 members (excludes halogenated alkanes) is 1. The van der Waals surface area contributed by atoms with Gasteiger partial charge in [-0.3, -0.25) is 0 Å². The molecule has 13 heavy (non-hydrogen) atoms. The highest BCUT2D eigenvalue weighted by Gasteiger charge is 2.15. The molecule has 0 N–H and O–H groups in total. The highest BCUT2D eigenvalue weighted by atomic mass is 79.9. The van der Waals surface area contributed by atoms with Crippen molar-refractivity contribution in [1.29, 1.82) is 0 Å². The molecule has 0 spiro atoms. The van der Waals surface area contributed by atoms with Crippen LogP contribution in [0.4, 0.5) is 0 Å². The van der Waals surface area contributed by atoms with Crippen LogP contribution >= 0.6 is 0 Å². The second-order valence-electron chi connectivity index (χ2n) is 4.89. The van der Waals surface area contributed by atoms with Gasteiger partial charge in [0.25, 0.3) is 0 Å². The van der Waals surface area contributed by atoms with Crippen LogP contribution in [0.5, 0.6) is 0 Å². The first-order valence-corrected chi connectivity index (χ1v) is 5.30. The van der Waals surface area contributed by atoms with E-state index in [0.717, 1.165) is 10.4 Å². The Labute approximate surface area is 94.9 Å². The molecule has 1 atom stereocenters. The topological polar surface area (TPSA) is 0 Å². The second-order valence-corrected chi connectivity index (χ2v) is 4.89. The number of hydrogen-bond donors (Lipinski definition) is 0. The standard InChI is InChI=1S/C11H26N.BrH/c1-6-8-9-11(7-2)10-12(3,4)5;/h11H,6-10H2,1-5H3;1H/q+1;/p-1. The van der Waals surface area contributed by atoms with E-state index in [1.807, 2.05) is 0 Å². The van der Waals surface area contributed by atoms with Crippen molar-refractivity contribution in [2.24, 2.45) is 5.92 Å². The number of nitrogens with zero attached hydrogens (tertiary/aromatic N) is 1. The molecule has 0 aromatic carbocycles. The molecule has 0 bridgehead atoms. The first-order chi connectivity index (χ1) is 5.49. The van der Waals surface area contributed by atoms with Crippen molar-refractivity contribution in [2.45, 2.75) is 39.5 Å². The molecule has 0 aromatic heterocycles. The van der Waals surface area contributed by atoms with Crippen LogP contribution in [0.2, 0.25) is 0 Å². The van der Waals surface area contributed by atoms with Gasteiger partial charge < -0.3 is 21.5 Å². The van der Waals surface area contributed by atoms with Gasteiger partial charge in [0.1, 0.15) is 0 Å². The average Bonchev–Trinajstić information content (AvgIpc) is 1.95. The summed E-state index contributed by atoms with van der Waals surface area (Å²) in [6.45, 7) is 5.92. The van der Waals surface area contributed by atoms with Crippen LogP contribution in [0.1, 0.15) is 39.5 Å². The van der Waals surface area contributed by atoms with Gasteiger partial charge in [0.05, 0.1) is 27.7 Å². The van der Waals surface area contributed by atoms with E-state index in [2.05, 4.69) is 35.0 Å². The predicted molar refractivity (Wildman–Crippen MR) is 56.2 cm³/mol. The maximum Gasteiger partial charge on any atom is 0.0808 e. The smallest absolute Gasteiger partial charge is 0.0808 e. The quantitative estimate of drug-likeness (QED) is 0.580. The molecule has 0 amide bonds. The first-order valence-electron chi connectivity index (χ1n) is 5.30. The average molecular weight is 252 g/mol. The third-order valence-electron chi connectivity index (χ3n) is 2.35. The third kappa shape index (κ3) is 10.4. The van der Waals surface area contributed by atoms with Crippen molar-refractivity contribution in [1.82, 2.24) is 0 Å². The van der Waals surface area contributed by atoms with Crippen molar-refractivity contribution >= 4 is 0 Å². The van der Waals surface area contributed by atoms with Crippen LogP contribution in [0, 0.1) is 5.92 Å². The molecule has 0 aliphatic rings. The molecule has 0 radical (unpaired) electrons. The van der Waals surface area contributed by atoms with Crippen LogP contribution < -0.4 is 17.0 Å². The molecule has 0 heterocycles. The Balaban J connectivity index is 0. The maximum absolute atomic E-state index is 2.32. The minimum Gasteiger partial charge on any atom is -1.00 e. The van der Waals surface area contributed by atoms with Gasteiger partial charge in [0, 0.05) is 5.92 Å². The summed E-state index contributed by atoms with van der Waals surface area (Å²) in [7, 11) is 6.86. The molecule has 2 heteroatoms. The molecular weight excluding hydrogens is 226 g/mol. The summed E-state index contributed by atoms with van der Waals surface area (Å²) in [5.41, 5.74) is 0. The summed E-state index contributed by atoms with van der Waals surface area (Å²) in [6.07, 6.45) is 5.50. The van der Waals surface area contributed by atoms with E-state index in [1.54, 1.807) is 0 Å². The predicted octanol–water partition coefficient (Wildman–Crippen LogP) is -0.0870. The van der Waals surface area contributed by atoms with Crippen LogP contribution in [0.25, 0.3) is 0 Å². The lowest BCUT2D eigenvalue weighted by Crippen LogP contribution is -3.00. The van der Waals surface area contributed by atoms with Crippen molar-refractivity contribution in [3.05, 3.63) is 0 Å². The van der Waals surface area contributed by atoms with Crippen LogP contribution in [0.3, 0.4) is 0 Å². The molecule has 0 saturated carbocycles. The van der Waals surface area contributed by atoms with Crippen LogP contribution in [-0.4, -0.2) is 32.2 Å². The first kappa shape index (κ1) is 15.9. The monoisotopic (exact) mass is 251 g/mol. The number of rotatable bonds is 6. The SMILES string of the molecule is CCCCC(CC)C[N+](C)(C)C.[Br-]. The Kier molecular flexibility index (Phi) is 9.55. The highest BCUT2D eigenvalue weighted by Crippen LogP contribution is 2.15. The van der Waals surface area contributed by atoms with E-state index in [0.29, 0.717) is 0 Å². The van der Waals surface area contributed by atoms with Crippen molar-refractivity contribution in [3.63, 3.8) is 0 Å². The molecule has 0 aliphatic heterocycles. The molecule has 0 aromatic rings. The molecule has 0 fully saturated rings. The van der Waals surface area contributed by atoms with Gasteiger partial charge in [-0.2, -0.15) is 0 Å². The lowest BCUT2D eigenvalue weighted by molar-refractivity contribution is -0.874. The second kappa shape index (κ2) is 7.81. The Morgan fingerprint density at radius 2 is 1.62 bits per heavy atom. The van der Waals surface area contributed by atoms with E-state index < -0.39 is 0 Å². The highest BCUT2D eigenvalue weighted by molar-refractivity contribution is 4.55. The zero-order chi connectivity index (χ0) is 9.61. The normalized spacial score (nSPS) is 13.6. The Hall–Kier alpha value is 0.440. The van der Waals surface area contributed by atoms with E-state index in [-0.39, 0.29) is 17.0 Å². The van der Waals surface area contributed by atoms with Gasteiger partial charge >= 0.3 is 0 Å². The van der Waals surface area contributed by atoms with E-state index in [1.165, 1.54) is 32.2 Å². The number of hydrogen-bond acceptors (Lipinski definition) is 0. The van der Waals surface area contributed by atoms with Crippen molar-refractivity contribution < 1.29 is 21.5 Å². The Morgan fingerprint density at radius 1 is 1.08 bits per heavy atom. The summed E-state index contributed by atoms with van der Waals surface area (Å²) < 4.78 is 1.11. The molecule has 82 valence electrons. The van der Waals surface area contributed by atoms with Crippen LogP contribution in [0.15, 0.2) is 0 Å². The van der Waals surface area contributed by atoms with Crippen LogP contribution in [-0.2, 0) is 0 Å². The molecule has 1 nitrogen and oxygen atoms in total. The fourth-order valence-electron chi connectivity index (χ4n) is 1.69. The Morgan fingerprint density at radius 3 is 1.92 bits per heavy atom. The Bertz CT molecular complexity index is 107. The zero-order valence-electron chi connectivity index (χ0n) is 9.94. The number of halogens is 1. The number of quaternary nitrogens is 1. The largest absolute Gasteiger partial charge is 1.00 e. The van der Waals surface area contributed by atoms with E-state index >= 15 is 0 Å². The summed E-state index contributed by atoms with van der Waals surface area (Å²) in [5, 5.41) is 0. The van der Waals surface area contributed by atoms with Gasteiger partial charge in [0.15, 0.2) is 0 Å². The molecule has 1 unspecified atom stereocenters. The summed E-state index contributed by atoms with van der Waals surface area (Å²) in [6, 6.07) is 0. The van der Waals surface area contributed by atoms with E-state index in [4.69, 9.17) is 0 Å². The fourth-order valence-corrected chi connectivity index (χ4v) is 1.69. The zero-order valence-corrected chi connectivity index (χ0v) is 11.5. The van der Waals surface area contributed by atoms with Gasteiger partial charge in [0.2, 0.25) is 0 Å². The minimum atomic E-state index is 0. The fraction of sp³-hybridized carbons (Fsp3) is 1.00. The summed E-state index contributed by atoms with van der Waals surface area (Å²) >= 11 is 0. The van der Waals surface area contributed by atoms with E-state index in [9.17, 15) is 0 Å². The maximum atomic E-state index is 2.32. The minimum absolute atomic E-state index is 0. The summed E-state index contributed by atoms with van der Waals surface area (Å²) in [5.74, 6) is 0.935. The lowest BCUT2D eigenvalue weighted by atomic mass is 9.98. The van der Waals surface area contributed by atoms with Gasteiger partial charge in [-0.1, -0.05) is 26.7 Å². The van der Waals surface area contributed by atoms with Gasteiger partial charge in [-0.25, -0.2) is 0 Å². The van der Waals surface area contributed by atoms with Crippen molar-refractivity contribution in [3.8, 4) is 0 Å². The van der Waals surface area contributed by atoms with Gasteiger partial charge in [-0.15, -0.1) is 0 Å². The summed E-state index contributed by atoms with van der Waals surface area (Å²) in [4.78, 5) is 0. The van der Waals surface area contributed by atoms with Crippen molar-refractivity contribution in [2.75, 3.05) is 27.7 Å². The molecule has 0 aliphatic carbocycles. The third-order valence-corrected chi connectivity index (χ3v) is 2.35. The molecular formula is C11H26BrN. The molecule has 0 rings (SSSR count). The van der Waals surface area contributed by atoms with Gasteiger partial charge in [-0.05, 0) is 12.8 Å². The molecule has 0 saturated heterocycles.